The lowest BCUT2D eigenvalue weighted by atomic mass is 9.82. The second-order valence-corrected chi connectivity index (χ2v) is 5.90. The van der Waals surface area contributed by atoms with Gasteiger partial charge < -0.3 is 14.2 Å². The van der Waals surface area contributed by atoms with Crippen molar-refractivity contribution >= 4 is 23.7 Å². The standard InChI is InChI=1S/C18H24O7/c1-7-25-15(20)11(3)10(2)13-8-18(16(21)23-5,17(22)24-6)9-14(13)12(4)19/h7-9H2,1-6H3/b11-10+. The molecule has 1 rings (SSSR count). The number of hydrogen-bond acceptors (Lipinski definition) is 7. The molecule has 0 saturated carbocycles. The molecule has 7 heteroatoms. The number of Topliss-reactive ketones (excluding diaryl/α,β-unsaturated/α-hetero) is 1. The summed E-state index contributed by atoms with van der Waals surface area (Å²) in [6.07, 6.45) is -0.186. The van der Waals surface area contributed by atoms with E-state index in [9.17, 15) is 19.2 Å². The molecule has 0 spiro atoms. The van der Waals surface area contributed by atoms with Crippen molar-refractivity contribution in [2.45, 2.75) is 40.5 Å². The summed E-state index contributed by atoms with van der Waals surface area (Å²) in [6.45, 7) is 6.50. The van der Waals surface area contributed by atoms with Crippen molar-refractivity contribution < 1.29 is 33.4 Å². The van der Waals surface area contributed by atoms with Gasteiger partial charge in [0.25, 0.3) is 0 Å². The first-order valence-corrected chi connectivity index (χ1v) is 7.91. The highest BCUT2D eigenvalue weighted by Crippen LogP contribution is 2.47. The van der Waals surface area contributed by atoms with Crippen LogP contribution in [0.25, 0.3) is 0 Å². The van der Waals surface area contributed by atoms with E-state index in [1.807, 2.05) is 0 Å². The predicted octanol–water partition coefficient (Wildman–Crippen LogP) is 1.90. The molecule has 0 aromatic rings. The van der Waals surface area contributed by atoms with Crippen LogP contribution >= 0.6 is 0 Å². The lowest BCUT2D eigenvalue weighted by Crippen LogP contribution is -2.39. The van der Waals surface area contributed by atoms with Crippen LogP contribution in [0.5, 0.6) is 0 Å². The van der Waals surface area contributed by atoms with Crippen LogP contribution in [-0.2, 0) is 33.4 Å². The lowest BCUT2D eigenvalue weighted by molar-refractivity contribution is -0.168. The summed E-state index contributed by atoms with van der Waals surface area (Å²) in [5.41, 5.74) is 0.0148. The quantitative estimate of drug-likeness (QED) is 0.312. The number of carbonyl (C=O) groups excluding carboxylic acids is 4. The number of methoxy groups -OCH3 is 2. The molecule has 0 atom stereocenters. The molecule has 0 saturated heterocycles. The number of rotatable bonds is 6. The summed E-state index contributed by atoms with van der Waals surface area (Å²) in [6, 6.07) is 0. The first-order chi connectivity index (χ1) is 11.7. The van der Waals surface area contributed by atoms with E-state index in [1.165, 1.54) is 21.1 Å². The molecule has 0 heterocycles. The highest BCUT2D eigenvalue weighted by molar-refractivity contribution is 6.06. The van der Waals surface area contributed by atoms with Gasteiger partial charge in [0.1, 0.15) is 0 Å². The van der Waals surface area contributed by atoms with Gasteiger partial charge in [0, 0.05) is 24.0 Å². The number of carbonyl (C=O) groups is 4. The number of allylic oxidation sites excluding steroid dienone is 3. The van der Waals surface area contributed by atoms with Crippen molar-refractivity contribution in [2.75, 3.05) is 20.8 Å². The molecule has 0 amide bonds. The third-order valence-electron chi connectivity index (χ3n) is 4.50. The van der Waals surface area contributed by atoms with E-state index < -0.39 is 23.3 Å². The zero-order valence-electron chi connectivity index (χ0n) is 15.5. The van der Waals surface area contributed by atoms with Crippen LogP contribution in [0.4, 0.5) is 0 Å². The van der Waals surface area contributed by atoms with Crippen LogP contribution in [0.1, 0.15) is 40.5 Å². The van der Waals surface area contributed by atoms with E-state index in [2.05, 4.69) is 0 Å². The topological polar surface area (TPSA) is 96.0 Å². The van der Waals surface area contributed by atoms with Crippen molar-refractivity contribution in [1.29, 1.82) is 0 Å². The van der Waals surface area contributed by atoms with Crippen molar-refractivity contribution in [3.8, 4) is 0 Å². The molecule has 0 aliphatic heterocycles. The van der Waals surface area contributed by atoms with Gasteiger partial charge in [0.2, 0.25) is 0 Å². The zero-order valence-corrected chi connectivity index (χ0v) is 15.5. The highest BCUT2D eigenvalue weighted by atomic mass is 16.5. The van der Waals surface area contributed by atoms with Gasteiger partial charge in [0.05, 0.1) is 20.8 Å². The fourth-order valence-electron chi connectivity index (χ4n) is 2.96. The van der Waals surface area contributed by atoms with Crippen LogP contribution < -0.4 is 0 Å². The smallest absolute Gasteiger partial charge is 0.333 e. The summed E-state index contributed by atoms with van der Waals surface area (Å²) in [5, 5.41) is 0. The summed E-state index contributed by atoms with van der Waals surface area (Å²) >= 11 is 0. The van der Waals surface area contributed by atoms with E-state index in [-0.39, 0.29) is 25.2 Å². The second kappa shape index (κ2) is 8.09. The SMILES string of the molecule is CCOC(=O)/C(C)=C(\C)C1=C(C(C)=O)CC(C(=O)OC)(C(=O)OC)C1. The molecule has 138 valence electrons. The molecule has 0 N–H and O–H groups in total. The molecular formula is C18H24O7. The molecular weight excluding hydrogens is 328 g/mol. The Morgan fingerprint density at radius 1 is 0.920 bits per heavy atom. The maximum Gasteiger partial charge on any atom is 0.333 e. The number of hydrogen-bond donors (Lipinski definition) is 0. The number of esters is 3. The first-order valence-electron chi connectivity index (χ1n) is 7.91. The monoisotopic (exact) mass is 352 g/mol. The Balaban J connectivity index is 3.46. The van der Waals surface area contributed by atoms with Gasteiger partial charge in [0.15, 0.2) is 11.2 Å². The van der Waals surface area contributed by atoms with Crippen LogP contribution in [0.15, 0.2) is 22.3 Å². The van der Waals surface area contributed by atoms with Crippen LogP contribution in [0, 0.1) is 5.41 Å². The van der Waals surface area contributed by atoms with Crippen molar-refractivity contribution in [3.63, 3.8) is 0 Å². The second-order valence-electron chi connectivity index (χ2n) is 5.90. The average molecular weight is 352 g/mol. The van der Waals surface area contributed by atoms with E-state index >= 15 is 0 Å². The van der Waals surface area contributed by atoms with Gasteiger partial charge in [-0.25, -0.2) is 4.79 Å². The highest BCUT2D eigenvalue weighted by Gasteiger charge is 2.54. The van der Waals surface area contributed by atoms with Crippen LogP contribution in [0.3, 0.4) is 0 Å². The van der Waals surface area contributed by atoms with Gasteiger partial charge in [-0.05, 0) is 38.8 Å². The van der Waals surface area contributed by atoms with Crippen molar-refractivity contribution in [2.24, 2.45) is 5.41 Å². The van der Waals surface area contributed by atoms with Gasteiger partial charge in [-0.3, -0.25) is 14.4 Å². The molecule has 0 fully saturated rings. The van der Waals surface area contributed by atoms with Gasteiger partial charge in [-0.1, -0.05) is 0 Å². The fourth-order valence-corrected chi connectivity index (χ4v) is 2.96. The summed E-state index contributed by atoms with van der Waals surface area (Å²) in [4.78, 5) is 48.7. The Morgan fingerprint density at radius 2 is 1.40 bits per heavy atom. The largest absolute Gasteiger partial charge is 0.468 e. The Bertz CT molecular complexity index is 651. The van der Waals surface area contributed by atoms with Crippen molar-refractivity contribution in [3.05, 3.63) is 22.3 Å². The maximum atomic E-state index is 12.3. The summed E-state index contributed by atoms with van der Waals surface area (Å²) in [5.74, 6) is -2.32. The maximum absolute atomic E-state index is 12.3. The average Bonchev–Trinajstić information content (AvgIpc) is 3.01. The third-order valence-corrected chi connectivity index (χ3v) is 4.50. The Hall–Kier alpha value is -2.44. The lowest BCUT2D eigenvalue weighted by Gasteiger charge is -2.23. The molecule has 1 aliphatic carbocycles. The minimum absolute atomic E-state index is 0.0656. The number of ketones is 1. The van der Waals surface area contributed by atoms with Crippen LogP contribution in [0.2, 0.25) is 0 Å². The minimum atomic E-state index is -1.62. The van der Waals surface area contributed by atoms with Crippen LogP contribution in [-0.4, -0.2) is 44.5 Å². The normalized spacial score (nSPS) is 16.9. The van der Waals surface area contributed by atoms with E-state index in [0.29, 0.717) is 22.3 Å². The Labute approximate surface area is 147 Å². The Morgan fingerprint density at radius 3 is 1.80 bits per heavy atom. The van der Waals surface area contributed by atoms with E-state index in [4.69, 9.17) is 14.2 Å². The van der Waals surface area contributed by atoms with E-state index in [1.54, 1.807) is 20.8 Å². The minimum Gasteiger partial charge on any atom is -0.468 e. The molecule has 7 nitrogen and oxygen atoms in total. The van der Waals surface area contributed by atoms with Crippen molar-refractivity contribution in [1.82, 2.24) is 0 Å². The summed E-state index contributed by atoms with van der Waals surface area (Å²) < 4.78 is 14.5. The van der Waals surface area contributed by atoms with Gasteiger partial charge in [-0.15, -0.1) is 0 Å². The Kier molecular flexibility index (Phi) is 6.67. The molecule has 0 unspecified atom stereocenters. The molecule has 25 heavy (non-hydrogen) atoms. The third kappa shape index (κ3) is 3.81. The zero-order chi connectivity index (χ0) is 19.4. The predicted molar refractivity (Wildman–Crippen MR) is 88.4 cm³/mol. The molecule has 0 bridgehead atoms. The van der Waals surface area contributed by atoms with Gasteiger partial charge >= 0.3 is 17.9 Å². The fraction of sp³-hybridized carbons (Fsp3) is 0.556. The number of ether oxygens (including phenoxy) is 3. The first kappa shape index (κ1) is 20.6. The molecule has 0 radical (unpaired) electrons. The summed E-state index contributed by atoms with van der Waals surface area (Å²) in [7, 11) is 2.34. The molecule has 0 aromatic carbocycles. The molecule has 1 aliphatic rings. The van der Waals surface area contributed by atoms with E-state index in [0.717, 1.165) is 0 Å². The van der Waals surface area contributed by atoms with Gasteiger partial charge in [-0.2, -0.15) is 0 Å². The molecule has 0 aromatic heterocycles.